The van der Waals surface area contributed by atoms with Gasteiger partial charge in [-0.1, -0.05) is 26.0 Å². The summed E-state index contributed by atoms with van der Waals surface area (Å²) in [6.07, 6.45) is 1.04. The molecule has 4 heteroatoms. The van der Waals surface area contributed by atoms with Crippen LogP contribution in [0.1, 0.15) is 19.4 Å². The minimum Gasteiger partial charge on any atom is -0.466 e. The van der Waals surface area contributed by atoms with E-state index in [1.807, 2.05) is 25.1 Å². The van der Waals surface area contributed by atoms with Crippen molar-refractivity contribution in [2.24, 2.45) is 11.8 Å². The SMILES string of the molecule is COCOc1c(C)cccc1SC[C@H](C=O)C(C)C. The number of hydrogen-bond donors (Lipinski definition) is 0. The van der Waals surface area contributed by atoms with Crippen LogP contribution in [-0.2, 0) is 9.53 Å². The molecule has 106 valence electrons. The molecule has 0 saturated heterocycles. The lowest BCUT2D eigenvalue weighted by molar-refractivity contribution is -0.111. The van der Waals surface area contributed by atoms with Gasteiger partial charge in [0.05, 0.1) is 0 Å². The number of aldehydes is 1. The van der Waals surface area contributed by atoms with Crippen molar-refractivity contribution in [3.63, 3.8) is 0 Å². The van der Waals surface area contributed by atoms with E-state index in [9.17, 15) is 4.79 Å². The molecule has 1 rings (SSSR count). The monoisotopic (exact) mass is 282 g/mol. The Morgan fingerprint density at radius 3 is 2.68 bits per heavy atom. The first kappa shape index (κ1) is 16.1. The molecule has 0 bridgehead atoms. The summed E-state index contributed by atoms with van der Waals surface area (Å²) in [5.74, 6) is 2.05. The van der Waals surface area contributed by atoms with Crippen LogP contribution in [-0.4, -0.2) is 25.9 Å². The summed E-state index contributed by atoms with van der Waals surface area (Å²) >= 11 is 1.66. The van der Waals surface area contributed by atoms with Crippen LogP contribution in [0, 0.1) is 18.8 Å². The fraction of sp³-hybridized carbons (Fsp3) is 0.533. The molecule has 1 atom stereocenters. The second kappa shape index (κ2) is 8.23. The molecule has 0 aliphatic rings. The van der Waals surface area contributed by atoms with E-state index in [-0.39, 0.29) is 12.7 Å². The van der Waals surface area contributed by atoms with E-state index in [2.05, 4.69) is 13.8 Å². The molecule has 3 nitrogen and oxygen atoms in total. The zero-order valence-corrected chi connectivity index (χ0v) is 12.8. The highest BCUT2D eigenvalue weighted by Crippen LogP contribution is 2.34. The number of carbonyl (C=O) groups excluding carboxylic acids is 1. The highest BCUT2D eigenvalue weighted by atomic mass is 32.2. The maximum atomic E-state index is 11.0. The molecule has 0 N–H and O–H groups in total. The van der Waals surface area contributed by atoms with Crippen molar-refractivity contribution in [2.75, 3.05) is 19.7 Å². The van der Waals surface area contributed by atoms with Crippen LogP contribution in [0.5, 0.6) is 5.75 Å². The molecule has 0 aromatic heterocycles. The smallest absolute Gasteiger partial charge is 0.188 e. The number of hydrogen-bond acceptors (Lipinski definition) is 4. The number of aryl methyl sites for hydroxylation is 1. The number of rotatable bonds is 8. The van der Waals surface area contributed by atoms with E-state index >= 15 is 0 Å². The van der Waals surface area contributed by atoms with E-state index < -0.39 is 0 Å². The summed E-state index contributed by atoms with van der Waals surface area (Å²) in [5, 5.41) is 0. The second-order valence-electron chi connectivity index (χ2n) is 4.81. The van der Waals surface area contributed by atoms with Crippen molar-refractivity contribution in [3.05, 3.63) is 23.8 Å². The minimum absolute atomic E-state index is 0.0702. The molecule has 0 aliphatic carbocycles. The van der Waals surface area contributed by atoms with Gasteiger partial charge in [-0.05, 0) is 24.5 Å². The van der Waals surface area contributed by atoms with Crippen molar-refractivity contribution >= 4 is 18.0 Å². The van der Waals surface area contributed by atoms with Crippen LogP contribution in [0.2, 0.25) is 0 Å². The molecule has 19 heavy (non-hydrogen) atoms. The van der Waals surface area contributed by atoms with Crippen molar-refractivity contribution in [1.29, 1.82) is 0 Å². The summed E-state index contributed by atoms with van der Waals surface area (Å²) in [6, 6.07) is 6.03. The predicted molar refractivity (Wildman–Crippen MR) is 78.8 cm³/mol. The second-order valence-corrected chi connectivity index (χ2v) is 5.87. The van der Waals surface area contributed by atoms with Crippen LogP contribution in [0.25, 0.3) is 0 Å². The lowest BCUT2D eigenvalue weighted by Gasteiger charge is -2.16. The molecule has 0 saturated carbocycles. The van der Waals surface area contributed by atoms with Crippen LogP contribution < -0.4 is 4.74 Å². The van der Waals surface area contributed by atoms with Gasteiger partial charge < -0.3 is 14.3 Å². The number of methoxy groups -OCH3 is 1. The summed E-state index contributed by atoms with van der Waals surface area (Å²) in [5.41, 5.74) is 1.08. The molecular formula is C15H22O3S. The van der Waals surface area contributed by atoms with Crippen LogP contribution >= 0.6 is 11.8 Å². The number of benzene rings is 1. The maximum absolute atomic E-state index is 11.0. The zero-order valence-electron chi connectivity index (χ0n) is 12.0. The predicted octanol–water partition coefficient (Wildman–Crippen LogP) is 3.54. The quantitative estimate of drug-likeness (QED) is 0.415. The summed E-state index contributed by atoms with van der Waals surface area (Å²) in [7, 11) is 1.60. The Labute approximate surface area is 119 Å². The standard InChI is InChI=1S/C15H22O3S/c1-11(2)13(8-16)9-19-14-7-5-6-12(3)15(14)18-10-17-4/h5-8,11,13H,9-10H2,1-4H3/t13-/m0/s1. The lowest BCUT2D eigenvalue weighted by atomic mass is 10.0. The molecule has 1 aromatic carbocycles. The van der Waals surface area contributed by atoms with Gasteiger partial charge in [-0.25, -0.2) is 0 Å². The number of ether oxygens (including phenoxy) is 2. The molecule has 0 aliphatic heterocycles. The van der Waals surface area contributed by atoms with E-state index in [0.717, 1.165) is 28.2 Å². The molecule has 1 aromatic rings. The van der Waals surface area contributed by atoms with Gasteiger partial charge in [-0.15, -0.1) is 11.8 Å². The fourth-order valence-electron chi connectivity index (χ4n) is 1.62. The topological polar surface area (TPSA) is 35.5 Å². The third-order valence-electron chi connectivity index (χ3n) is 2.96. The first-order valence-electron chi connectivity index (χ1n) is 6.39. The van der Waals surface area contributed by atoms with Gasteiger partial charge in [0.1, 0.15) is 12.0 Å². The Morgan fingerprint density at radius 1 is 1.37 bits per heavy atom. The van der Waals surface area contributed by atoms with E-state index in [4.69, 9.17) is 9.47 Å². The molecule has 0 fully saturated rings. The Bertz CT molecular complexity index is 404. The van der Waals surface area contributed by atoms with Crippen molar-refractivity contribution in [3.8, 4) is 5.75 Å². The molecular weight excluding hydrogens is 260 g/mol. The van der Waals surface area contributed by atoms with Crippen LogP contribution in [0.3, 0.4) is 0 Å². The van der Waals surface area contributed by atoms with Gasteiger partial charge in [-0.3, -0.25) is 0 Å². The van der Waals surface area contributed by atoms with Gasteiger partial charge >= 0.3 is 0 Å². The van der Waals surface area contributed by atoms with Gasteiger partial charge in [0.2, 0.25) is 0 Å². The molecule has 0 heterocycles. The highest BCUT2D eigenvalue weighted by molar-refractivity contribution is 7.99. The van der Waals surface area contributed by atoms with Crippen LogP contribution in [0.15, 0.2) is 23.1 Å². The number of carbonyl (C=O) groups is 1. The van der Waals surface area contributed by atoms with Gasteiger partial charge in [0.25, 0.3) is 0 Å². The Hall–Kier alpha value is -1.00. The van der Waals surface area contributed by atoms with Crippen molar-refractivity contribution < 1.29 is 14.3 Å². The Kier molecular flexibility index (Phi) is 6.95. The van der Waals surface area contributed by atoms with Crippen molar-refractivity contribution in [2.45, 2.75) is 25.7 Å². The highest BCUT2D eigenvalue weighted by Gasteiger charge is 2.15. The summed E-state index contributed by atoms with van der Waals surface area (Å²) in [4.78, 5) is 12.1. The Balaban J connectivity index is 2.76. The normalized spacial score (nSPS) is 12.5. The minimum atomic E-state index is 0.0702. The lowest BCUT2D eigenvalue weighted by Crippen LogP contribution is -2.13. The third kappa shape index (κ3) is 4.88. The van der Waals surface area contributed by atoms with Gasteiger partial charge in [0.15, 0.2) is 6.79 Å². The number of para-hydroxylation sites is 1. The first-order valence-corrected chi connectivity index (χ1v) is 7.38. The molecule has 0 amide bonds. The van der Waals surface area contributed by atoms with E-state index in [1.165, 1.54) is 0 Å². The summed E-state index contributed by atoms with van der Waals surface area (Å²) in [6.45, 7) is 6.38. The number of thioether (sulfide) groups is 1. The van der Waals surface area contributed by atoms with Gasteiger partial charge in [0, 0.05) is 23.7 Å². The van der Waals surface area contributed by atoms with Crippen LogP contribution in [0.4, 0.5) is 0 Å². The molecule has 0 unspecified atom stereocenters. The largest absolute Gasteiger partial charge is 0.466 e. The van der Waals surface area contributed by atoms with E-state index in [0.29, 0.717) is 5.92 Å². The molecule has 0 radical (unpaired) electrons. The first-order chi connectivity index (χ1) is 9.10. The molecule has 0 spiro atoms. The zero-order chi connectivity index (χ0) is 14.3. The summed E-state index contributed by atoms with van der Waals surface area (Å²) < 4.78 is 10.6. The van der Waals surface area contributed by atoms with Crippen molar-refractivity contribution in [1.82, 2.24) is 0 Å². The average molecular weight is 282 g/mol. The van der Waals surface area contributed by atoms with Gasteiger partial charge in [-0.2, -0.15) is 0 Å². The van der Waals surface area contributed by atoms with E-state index in [1.54, 1.807) is 18.9 Å². The third-order valence-corrected chi connectivity index (χ3v) is 4.14. The Morgan fingerprint density at radius 2 is 2.11 bits per heavy atom. The fourth-order valence-corrected chi connectivity index (χ4v) is 2.98. The average Bonchev–Trinajstić information content (AvgIpc) is 2.38. The maximum Gasteiger partial charge on any atom is 0.188 e.